The summed E-state index contributed by atoms with van der Waals surface area (Å²) < 4.78 is 8.70. The Bertz CT molecular complexity index is 521. The van der Waals surface area contributed by atoms with Crippen molar-refractivity contribution in [3.63, 3.8) is 0 Å². The Hall–Kier alpha value is -1.54. The first kappa shape index (κ1) is 26.5. The number of benzene rings is 2. The zero-order valence-corrected chi connectivity index (χ0v) is 18.5. The SMILES string of the molecule is CCCCCCc1ccccc1.CCCCCCc1ccccc1.O=[P+](O)O. The van der Waals surface area contributed by atoms with Crippen LogP contribution in [0.1, 0.15) is 76.3 Å². The molecule has 0 saturated heterocycles. The van der Waals surface area contributed by atoms with E-state index in [1.165, 1.54) is 75.3 Å². The van der Waals surface area contributed by atoms with Crippen LogP contribution in [0.25, 0.3) is 0 Å². The summed E-state index contributed by atoms with van der Waals surface area (Å²) in [5.74, 6) is 0. The van der Waals surface area contributed by atoms with Crippen LogP contribution >= 0.6 is 8.25 Å². The Labute approximate surface area is 172 Å². The molecule has 0 amide bonds. The standard InChI is InChI=1S/2C12H18.HO3P/c2*1-2-3-4-6-9-12-10-7-5-8-11-12;1-4(2)3/h2*5,7-8,10-11H,2-4,6,9H2,1H3;(H-,1,2,3)/p+1. The van der Waals surface area contributed by atoms with Gasteiger partial charge in [0.15, 0.2) is 0 Å². The lowest BCUT2D eigenvalue weighted by Gasteiger charge is -1.99. The predicted octanol–water partition coefficient (Wildman–Crippen LogP) is 7.25. The minimum Gasteiger partial charge on any atom is -0.134 e. The van der Waals surface area contributed by atoms with Gasteiger partial charge in [0.1, 0.15) is 0 Å². The minimum atomic E-state index is -2.87. The number of rotatable bonds is 10. The molecule has 0 atom stereocenters. The van der Waals surface area contributed by atoms with E-state index in [0.29, 0.717) is 0 Å². The summed E-state index contributed by atoms with van der Waals surface area (Å²) >= 11 is 0. The first-order valence-electron chi connectivity index (χ1n) is 10.5. The zero-order chi connectivity index (χ0) is 20.9. The highest BCUT2D eigenvalue weighted by molar-refractivity contribution is 7.30. The summed E-state index contributed by atoms with van der Waals surface area (Å²) in [5.41, 5.74) is 2.96. The Balaban J connectivity index is 0.000000439. The molecule has 0 aliphatic carbocycles. The van der Waals surface area contributed by atoms with Crippen molar-refractivity contribution in [2.45, 2.75) is 78.1 Å². The van der Waals surface area contributed by atoms with E-state index >= 15 is 0 Å². The van der Waals surface area contributed by atoms with E-state index in [4.69, 9.17) is 14.4 Å². The molecule has 156 valence electrons. The van der Waals surface area contributed by atoms with E-state index in [1.54, 1.807) is 0 Å². The van der Waals surface area contributed by atoms with E-state index in [1.807, 2.05) is 0 Å². The fourth-order valence-corrected chi connectivity index (χ4v) is 2.80. The highest BCUT2D eigenvalue weighted by Gasteiger charge is 1.93. The summed E-state index contributed by atoms with van der Waals surface area (Å²) in [6, 6.07) is 21.5. The van der Waals surface area contributed by atoms with Crippen molar-refractivity contribution >= 4 is 8.25 Å². The Morgan fingerprint density at radius 1 is 0.607 bits per heavy atom. The van der Waals surface area contributed by atoms with Crippen molar-refractivity contribution in [1.29, 1.82) is 0 Å². The smallest absolute Gasteiger partial charge is 0.134 e. The van der Waals surface area contributed by atoms with Crippen molar-refractivity contribution in [3.05, 3.63) is 71.8 Å². The first-order chi connectivity index (χ1) is 13.6. The van der Waals surface area contributed by atoms with E-state index in [9.17, 15) is 0 Å². The third-order valence-corrected chi connectivity index (χ3v) is 4.32. The molecule has 0 radical (unpaired) electrons. The molecule has 0 aliphatic heterocycles. The molecule has 0 saturated carbocycles. The summed E-state index contributed by atoms with van der Waals surface area (Å²) in [6.45, 7) is 4.50. The molecular weight excluding hydrogens is 367 g/mol. The lowest BCUT2D eigenvalue weighted by molar-refractivity contribution is 0.405. The molecule has 0 bridgehead atoms. The van der Waals surface area contributed by atoms with Crippen LogP contribution in [0, 0.1) is 0 Å². The van der Waals surface area contributed by atoms with Crippen molar-refractivity contribution in [3.8, 4) is 0 Å². The van der Waals surface area contributed by atoms with Crippen LogP contribution in [-0.4, -0.2) is 9.79 Å². The summed E-state index contributed by atoms with van der Waals surface area (Å²) in [6.07, 6.45) is 13.4. The fourth-order valence-electron chi connectivity index (χ4n) is 2.80. The summed E-state index contributed by atoms with van der Waals surface area (Å²) in [4.78, 5) is 14.2. The van der Waals surface area contributed by atoms with Crippen molar-refractivity contribution in [2.75, 3.05) is 0 Å². The van der Waals surface area contributed by atoms with Crippen molar-refractivity contribution in [1.82, 2.24) is 0 Å². The lowest BCUT2D eigenvalue weighted by atomic mass is 10.1. The second-order valence-electron chi connectivity index (χ2n) is 6.85. The average Bonchev–Trinajstić information content (AvgIpc) is 2.70. The van der Waals surface area contributed by atoms with Gasteiger partial charge in [0.25, 0.3) is 0 Å². The van der Waals surface area contributed by atoms with Gasteiger partial charge in [0, 0.05) is 4.57 Å². The second kappa shape index (κ2) is 20.2. The summed E-state index contributed by atoms with van der Waals surface area (Å²) in [7, 11) is -2.87. The van der Waals surface area contributed by atoms with Gasteiger partial charge in [-0.25, -0.2) is 0 Å². The fraction of sp³-hybridized carbons (Fsp3) is 0.500. The molecule has 2 aromatic carbocycles. The molecule has 28 heavy (non-hydrogen) atoms. The van der Waals surface area contributed by atoms with Crippen LogP contribution in [-0.2, 0) is 17.4 Å². The van der Waals surface area contributed by atoms with Crippen LogP contribution in [0.4, 0.5) is 0 Å². The molecular formula is C24H38O3P+. The number of unbranched alkanes of at least 4 members (excludes halogenated alkanes) is 6. The molecule has 2 rings (SSSR count). The molecule has 0 heterocycles. The third-order valence-electron chi connectivity index (χ3n) is 4.32. The predicted molar refractivity (Wildman–Crippen MR) is 121 cm³/mol. The quantitative estimate of drug-likeness (QED) is 0.323. The average molecular weight is 406 g/mol. The maximum Gasteiger partial charge on any atom is 0.692 e. The first-order valence-corrected chi connectivity index (χ1v) is 11.7. The number of hydrogen-bond acceptors (Lipinski definition) is 1. The molecule has 0 unspecified atom stereocenters. The molecule has 0 aliphatic rings. The van der Waals surface area contributed by atoms with Gasteiger partial charge >= 0.3 is 8.25 Å². The molecule has 0 fully saturated rings. The molecule has 3 nitrogen and oxygen atoms in total. The largest absolute Gasteiger partial charge is 0.692 e. The normalized spacial score (nSPS) is 9.57. The molecule has 2 aromatic rings. The Morgan fingerprint density at radius 2 is 0.929 bits per heavy atom. The van der Waals surface area contributed by atoms with Crippen LogP contribution < -0.4 is 0 Å². The van der Waals surface area contributed by atoms with Gasteiger partial charge < -0.3 is 0 Å². The van der Waals surface area contributed by atoms with E-state index in [-0.39, 0.29) is 0 Å². The Morgan fingerprint density at radius 3 is 1.21 bits per heavy atom. The van der Waals surface area contributed by atoms with E-state index < -0.39 is 8.25 Å². The number of aryl methyl sites for hydroxylation is 2. The van der Waals surface area contributed by atoms with E-state index in [2.05, 4.69) is 74.5 Å². The lowest BCUT2D eigenvalue weighted by Crippen LogP contribution is -1.84. The second-order valence-corrected chi connectivity index (χ2v) is 7.35. The highest BCUT2D eigenvalue weighted by Crippen LogP contribution is 2.07. The maximum atomic E-state index is 8.70. The van der Waals surface area contributed by atoms with Gasteiger partial charge in [0.2, 0.25) is 0 Å². The van der Waals surface area contributed by atoms with Gasteiger partial charge in [-0.1, -0.05) is 113 Å². The molecule has 2 N–H and O–H groups in total. The van der Waals surface area contributed by atoms with E-state index in [0.717, 1.165) is 0 Å². The highest BCUT2D eigenvalue weighted by atomic mass is 31.1. The van der Waals surface area contributed by atoms with Crippen LogP contribution in [0.3, 0.4) is 0 Å². The van der Waals surface area contributed by atoms with Gasteiger partial charge in [-0.15, -0.1) is 9.79 Å². The Kier molecular flexibility index (Phi) is 19.1. The molecule has 4 heteroatoms. The zero-order valence-electron chi connectivity index (χ0n) is 17.6. The monoisotopic (exact) mass is 405 g/mol. The van der Waals surface area contributed by atoms with Gasteiger partial charge in [0.05, 0.1) is 0 Å². The van der Waals surface area contributed by atoms with Crippen LogP contribution in [0.15, 0.2) is 60.7 Å². The van der Waals surface area contributed by atoms with Crippen LogP contribution in [0.5, 0.6) is 0 Å². The minimum absolute atomic E-state index is 1.25. The topological polar surface area (TPSA) is 57.5 Å². The van der Waals surface area contributed by atoms with Crippen molar-refractivity contribution < 1.29 is 14.4 Å². The molecule has 0 aromatic heterocycles. The molecule has 0 spiro atoms. The summed E-state index contributed by atoms with van der Waals surface area (Å²) in [5, 5.41) is 0. The van der Waals surface area contributed by atoms with Gasteiger partial charge in [-0.2, -0.15) is 0 Å². The van der Waals surface area contributed by atoms with Gasteiger partial charge in [-0.05, 0) is 36.8 Å². The maximum absolute atomic E-state index is 8.70. The van der Waals surface area contributed by atoms with Crippen LogP contribution in [0.2, 0.25) is 0 Å². The number of hydrogen-bond donors (Lipinski definition) is 2. The third kappa shape index (κ3) is 19.2. The van der Waals surface area contributed by atoms with Gasteiger partial charge in [-0.3, -0.25) is 0 Å². The van der Waals surface area contributed by atoms with Crippen molar-refractivity contribution in [2.24, 2.45) is 0 Å².